The fourth-order valence-corrected chi connectivity index (χ4v) is 2.61. The van der Waals surface area contributed by atoms with Gasteiger partial charge < -0.3 is 9.15 Å². The molecular formula is C14H21NO3. The van der Waals surface area contributed by atoms with E-state index in [4.69, 9.17) is 9.15 Å². The summed E-state index contributed by atoms with van der Waals surface area (Å²) in [6, 6.07) is 4.29. The zero-order chi connectivity index (χ0) is 13.1. The second-order valence-electron chi connectivity index (χ2n) is 5.09. The van der Waals surface area contributed by atoms with Gasteiger partial charge in [0.25, 0.3) is 0 Å². The highest BCUT2D eigenvalue weighted by atomic mass is 16.5. The highest BCUT2D eigenvalue weighted by Gasteiger charge is 2.34. The molecule has 0 bridgehead atoms. The fourth-order valence-electron chi connectivity index (χ4n) is 2.61. The summed E-state index contributed by atoms with van der Waals surface area (Å²) >= 11 is 0. The molecule has 100 valence electrons. The van der Waals surface area contributed by atoms with Gasteiger partial charge in [0, 0.05) is 25.4 Å². The Morgan fingerprint density at radius 2 is 2.33 bits per heavy atom. The summed E-state index contributed by atoms with van der Waals surface area (Å²) in [4.78, 5) is 13.4. The third-order valence-corrected chi connectivity index (χ3v) is 3.88. The van der Waals surface area contributed by atoms with Gasteiger partial charge in [-0.1, -0.05) is 6.92 Å². The Hall–Kier alpha value is -1.29. The highest BCUT2D eigenvalue weighted by Crippen LogP contribution is 2.27. The molecular weight excluding hydrogens is 230 g/mol. The van der Waals surface area contributed by atoms with E-state index in [-0.39, 0.29) is 12.1 Å². The Kier molecular flexibility index (Phi) is 4.07. The summed E-state index contributed by atoms with van der Waals surface area (Å²) in [6.45, 7) is 7.57. The Labute approximate surface area is 108 Å². The third kappa shape index (κ3) is 2.93. The average molecular weight is 251 g/mol. The van der Waals surface area contributed by atoms with Gasteiger partial charge in [-0.25, -0.2) is 0 Å². The van der Waals surface area contributed by atoms with Crippen molar-refractivity contribution < 1.29 is 13.9 Å². The highest BCUT2D eigenvalue weighted by molar-refractivity contribution is 5.66. The molecule has 0 saturated carbocycles. The van der Waals surface area contributed by atoms with E-state index in [0.717, 1.165) is 25.3 Å². The third-order valence-electron chi connectivity index (χ3n) is 3.88. The van der Waals surface area contributed by atoms with Crippen molar-refractivity contribution in [3.8, 4) is 0 Å². The van der Waals surface area contributed by atoms with Crippen LogP contribution in [0, 0.1) is 5.92 Å². The fraction of sp³-hybridized carbons (Fsp3) is 0.643. The first kappa shape index (κ1) is 13.1. The van der Waals surface area contributed by atoms with Crippen molar-refractivity contribution in [1.29, 1.82) is 0 Å². The minimum absolute atomic E-state index is 0.0466. The topological polar surface area (TPSA) is 42.7 Å². The van der Waals surface area contributed by atoms with Gasteiger partial charge in [-0.15, -0.1) is 0 Å². The minimum Gasteiger partial charge on any atom is -0.468 e. The van der Waals surface area contributed by atoms with Crippen molar-refractivity contribution in [2.24, 2.45) is 5.92 Å². The molecule has 1 saturated heterocycles. The lowest BCUT2D eigenvalue weighted by Crippen LogP contribution is -2.49. The second-order valence-corrected chi connectivity index (χ2v) is 5.09. The van der Waals surface area contributed by atoms with Gasteiger partial charge in [-0.3, -0.25) is 9.69 Å². The predicted molar refractivity (Wildman–Crippen MR) is 67.9 cm³/mol. The van der Waals surface area contributed by atoms with Crippen LogP contribution in [0.5, 0.6) is 0 Å². The zero-order valence-electron chi connectivity index (χ0n) is 11.3. The zero-order valence-corrected chi connectivity index (χ0v) is 11.3. The molecule has 1 fully saturated rings. The van der Waals surface area contributed by atoms with Crippen LogP contribution in [0.15, 0.2) is 22.8 Å². The van der Waals surface area contributed by atoms with Crippen LogP contribution in [0.4, 0.5) is 0 Å². The average Bonchev–Trinajstić information content (AvgIpc) is 2.81. The maximum Gasteiger partial charge on any atom is 0.302 e. The molecule has 0 amide bonds. The number of likely N-dealkylation sites (tertiary alicyclic amines) is 1. The molecule has 0 spiro atoms. The number of rotatable bonds is 3. The SMILES string of the molecule is CC(=O)O[C@H]1CCN(Cc2ccco2)[C@@H](C)[C@@H]1C. The number of ether oxygens (including phenoxy) is 1. The minimum atomic E-state index is -0.182. The summed E-state index contributed by atoms with van der Waals surface area (Å²) in [7, 11) is 0. The van der Waals surface area contributed by atoms with Crippen molar-refractivity contribution >= 4 is 5.97 Å². The standard InChI is InChI=1S/C14H21NO3/c1-10-11(2)15(9-13-5-4-8-17-13)7-6-14(10)18-12(3)16/h4-5,8,10-11,14H,6-7,9H2,1-3H3/t10-,11-,14-/m0/s1. The maximum absolute atomic E-state index is 11.1. The van der Waals surface area contributed by atoms with Crippen molar-refractivity contribution in [3.63, 3.8) is 0 Å². The van der Waals surface area contributed by atoms with E-state index < -0.39 is 0 Å². The Bertz CT molecular complexity index is 388. The van der Waals surface area contributed by atoms with Crippen molar-refractivity contribution in [2.75, 3.05) is 6.54 Å². The number of nitrogens with zero attached hydrogens (tertiary/aromatic N) is 1. The smallest absolute Gasteiger partial charge is 0.302 e. The first-order valence-electron chi connectivity index (χ1n) is 6.51. The van der Waals surface area contributed by atoms with E-state index in [1.54, 1.807) is 6.26 Å². The number of piperidine rings is 1. The molecule has 1 aliphatic rings. The first-order valence-corrected chi connectivity index (χ1v) is 6.51. The van der Waals surface area contributed by atoms with Crippen molar-refractivity contribution in [3.05, 3.63) is 24.2 Å². The van der Waals surface area contributed by atoms with Crippen molar-refractivity contribution in [1.82, 2.24) is 4.90 Å². The molecule has 1 aliphatic heterocycles. The van der Waals surface area contributed by atoms with Crippen LogP contribution in [-0.4, -0.2) is 29.6 Å². The van der Waals surface area contributed by atoms with E-state index in [2.05, 4.69) is 18.7 Å². The lowest BCUT2D eigenvalue weighted by molar-refractivity contribution is -0.153. The molecule has 0 aromatic carbocycles. The quantitative estimate of drug-likeness (QED) is 0.774. The molecule has 1 aromatic rings. The Morgan fingerprint density at radius 1 is 1.56 bits per heavy atom. The summed E-state index contributed by atoms with van der Waals surface area (Å²) in [5.74, 6) is 1.15. The first-order chi connectivity index (χ1) is 8.58. The lowest BCUT2D eigenvalue weighted by Gasteiger charge is -2.41. The molecule has 18 heavy (non-hydrogen) atoms. The van der Waals surface area contributed by atoms with Crippen LogP contribution in [0.3, 0.4) is 0 Å². The van der Waals surface area contributed by atoms with E-state index in [9.17, 15) is 4.79 Å². The molecule has 4 heteroatoms. The van der Waals surface area contributed by atoms with E-state index in [1.165, 1.54) is 6.92 Å². The molecule has 4 nitrogen and oxygen atoms in total. The number of esters is 1. The summed E-state index contributed by atoms with van der Waals surface area (Å²) in [5.41, 5.74) is 0. The van der Waals surface area contributed by atoms with E-state index in [0.29, 0.717) is 12.0 Å². The lowest BCUT2D eigenvalue weighted by atomic mass is 9.89. The van der Waals surface area contributed by atoms with Crippen LogP contribution < -0.4 is 0 Å². The van der Waals surface area contributed by atoms with Crippen LogP contribution in [-0.2, 0) is 16.1 Å². The number of carbonyl (C=O) groups is 1. The number of hydrogen-bond donors (Lipinski definition) is 0. The van der Waals surface area contributed by atoms with E-state index >= 15 is 0 Å². The Balaban J connectivity index is 1.95. The largest absolute Gasteiger partial charge is 0.468 e. The van der Waals surface area contributed by atoms with Crippen LogP contribution in [0.25, 0.3) is 0 Å². The molecule has 0 radical (unpaired) electrons. The summed E-state index contributed by atoms with van der Waals surface area (Å²) < 4.78 is 10.8. The van der Waals surface area contributed by atoms with Gasteiger partial charge in [-0.2, -0.15) is 0 Å². The normalized spacial score (nSPS) is 29.2. The van der Waals surface area contributed by atoms with Crippen molar-refractivity contribution in [2.45, 2.75) is 45.9 Å². The Morgan fingerprint density at radius 3 is 2.94 bits per heavy atom. The summed E-state index contributed by atoms with van der Waals surface area (Å²) in [6.07, 6.45) is 2.64. The maximum atomic E-state index is 11.1. The van der Waals surface area contributed by atoms with Gasteiger partial charge in [0.05, 0.1) is 12.8 Å². The number of carbonyl (C=O) groups excluding carboxylic acids is 1. The van der Waals surface area contributed by atoms with E-state index in [1.807, 2.05) is 12.1 Å². The second kappa shape index (κ2) is 5.57. The number of hydrogen-bond acceptors (Lipinski definition) is 4. The van der Waals surface area contributed by atoms with Crippen LogP contribution in [0.2, 0.25) is 0 Å². The van der Waals surface area contributed by atoms with Gasteiger partial charge >= 0.3 is 5.97 Å². The molecule has 0 N–H and O–H groups in total. The van der Waals surface area contributed by atoms with Crippen LogP contribution >= 0.6 is 0 Å². The monoisotopic (exact) mass is 251 g/mol. The number of furan rings is 1. The molecule has 1 aromatic heterocycles. The summed E-state index contributed by atoms with van der Waals surface area (Å²) in [5, 5.41) is 0. The predicted octanol–water partition coefficient (Wildman–Crippen LogP) is 2.44. The molecule has 2 rings (SSSR count). The molecule has 3 atom stereocenters. The van der Waals surface area contributed by atoms with Gasteiger partial charge in [0.2, 0.25) is 0 Å². The molecule has 0 aliphatic carbocycles. The van der Waals surface area contributed by atoms with Gasteiger partial charge in [0.15, 0.2) is 0 Å². The van der Waals surface area contributed by atoms with Crippen LogP contribution in [0.1, 0.15) is 33.0 Å². The molecule has 2 heterocycles. The molecule has 0 unspecified atom stereocenters. The van der Waals surface area contributed by atoms with Gasteiger partial charge in [-0.05, 0) is 25.5 Å². The van der Waals surface area contributed by atoms with Gasteiger partial charge in [0.1, 0.15) is 11.9 Å².